The largest absolute Gasteiger partial charge is 0.391 e. The van der Waals surface area contributed by atoms with Crippen molar-refractivity contribution in [1.29, 1.82) is 0 Å². The number of fused-ring (bicyclic) bond motifs is 1. The van der Waals surface area contributed by atoms with Crippen LogP contribution in [0.4, 0.5) is 4.39 Å². The number of carbonyl (C=O) groups is 1. The third-order valence-corrected chi connectivity index (χ3v) is 3.88. The lowest BCUT2D eigenvalue weighted by Gasteiger charge is -2.14. The van der Waals surface area contributed by atoms with E-state index in [2.05, 4.69) is 15.6 Å². The summed E-state index contributed by atoms with van der Waals surface area (Å²) >= 11 is 0. The number of nitrogens with one attached hydrogen (secondary N) is 3. The first-order valence-electron chi connectivity index (χ1n) is 7.04. The Morgan fingerprint density at radius 2 is 2.13 bits per heavy atom. The highest BCUT2D eigenvalue weighted by atomic mass is 35.5. The SMILES string of the molecule is Cl.O=C(NCC1CNCC1O)c1cc(=O)[nH]c2ccc(F)cc12. The average molecular weight is 342 g/mol. The van der Waals surface area contributed by atoms with Gasteiger partial charge in [-0.25, -0.2) is 4.39 Å². The van der Waals surface area contributed by atoms with Crippen LogP contribution < -0.4 is 16.2 Å². The number of pyridine rings is 1. The van der Waals surface area contributed by atoms with Crippen molar-refractivity contribution in [3.8, 4) is 0 Å². The Morgan fingerprint density at radius 1 is 1.35 bits per heavy atom. The second-order valence-corrected chi connectivity index (χ2v) is 5.43. The van der Waals surface area contributed by atoms with Gasteiger partial charge in [-0.2, -0.15) is 0 Å². The molecule has 0 radical (unpaired) electrons. The third kappa shape index (κ3) is 3.69. The minimum atomic E-state index is -0.506. The molecule has 8 heteroatoms. The molecule has 2 heterocycles. The second-order valence-electron chi connectivity index (χ2n) is 5.43. The van der Waals surface area contributed by atoms with Crippen LogP contribution >= 0.6 is 12.4 Å². The highest BCUT2D eigenvalue weighted by Crippen LogP contribution is 2.17. The number of β-amino-alcohol motifs (C(OH)–C–C–N with tert-alkyl or cyclic N) is 1. The van der Waals surface area contributed by atoms with E-state index in [9.17, 15) is 19.1 Å². The molecule has 0 bridgehead atoms. The molecule has 3 rings (SSSR count). The fraction of sp³-hybridized carbons (Fsp3) is 0.333. The van der Waals surface area contributed by atoms with Crippen molar-refractivity contribution < 1.29 is 14.3 Å². The van der Waals surface area contributed by atoms with Gasteiger partial charge in [0, 0.05) is 42.5 Å². The van der Waals surface area contributed by atoms with E-state index in [0.717, 1.165) is 6.07 Å². The zero-order valence-electron chi connectivity index (χ0n) is 12.1. The van der Waals surface area contributed by atoms with Gasteiger partial charge >= 0.3 is 0 Å². The Balaban J connectivity index is 0.00000192. The highest BCUT2D eigenvalue weighted by Gasteiger charge is 2.25. The number of rotatable bonds is 3. The summed E-state index contributed by atoms with van der Waals surface area (Å²) in [5.41, 5.74) is 0.104. The first kappa shape index (κ1) is 17.4. The zero-order valence-corrected chi connectivity index (χ0v) is 13.0. The number of carbonyl (C=O) groups excluding carboxylic acids is 1. The van der Waals surface area contributed by atoms with Gasteiger partial charge < -0.3 is 20.7 Å². The zero-order chi connectivity index (χ0) is 15.7. The molecule has 1 fully saturated rings. The van der Waals surface area contributed by atoms with Crippen LogP contribution in [0.15, 0.2) is 29.1 Å². The smallest absolute Gasteiger partial charge is 0.252 e. The van der Waals surface area contributed by atoms with Crippen LogP contribution in [0.3, 0.4) is 0 Å². The van der Waals surface area contributed by atoms with Crippen molar-refractivity contribution in [2.45, 2.75) is 6.10 Å². The number of aliphatic hydroxyl groups is 1. The van der Waals surface area contributed by atoms with Crippen molar-refractivity contribution in [2.75, 3.05) is 19.6 Å². The number of aliphatic hydroxyl groups excluding tert-OH is 1. The third-order valence-electron chi connectivity index (χ3n) is 3.88. The molecule has 0 aliphatic carbocycles. The van der Waals surface area contributed by atoms with Crippen molar-refractivity contribution in [3.63, 3.8) is 0 Å². The monoisotopic (exact) mass is 341 g/mol. The summed E-state index contributed by atoms with van der Waals surface area (Å²) in [5, 5.41) is 15.8. The Kier molecular flexibility index (Phi) is 5.35. The molecule has 6 nitrogen and oxygen atoms in total. The lowest BCUT2D eigenvalue weighted by Crippen LogP contribution is -2.34. The summed E-state index contributed by atoms with van der Waals surface area (Å²) in [7, 11) is 0. The number of benzene rings is 1. The Morgan fingerprint density at radius 3 is 2.83 bits per heavy atom. The van der Waals surface area contributed by atoms with Gasteiger partial charge in [0.1, 0.15) is 5.82 Å². The van der Waals surface area contributed by atoms with E-state index in [1.807, 2.05) is 0 Å². The number of H-pyrrole nitrogens is 1. The quantitative estimate of drug-likeness (QED) is 0.650. The maximum atomic E-state index is 13.4. The average Bonchev–Trinajstić information content (AvgIpc) is 2.89. The van der Waals surface area contributed by atoms with Gasteiger partial charge in [0.25, 0.3) is 5.91 Å². The number of aromatic nitrogens is 1. The minimum absolute atomic E-state index is 0. The van der Waals surface area contributed by atoms with E-state index in [-0.39, 0.29) is 30.4 Å². The van der Waals surface area contributed by atoms with Gasteiger partial charge in [0.05, 0.1) is 11.7 Å². The predicted molar refractivity (Wildman–Crippen MR) is 86.5 cm³/mol. The normalized spacial score (nSPS) is 20.3. The molecule has 1 aromatic heterocycles. The van der Waals surface area contributed by atoms with Crippen LogP contribution in [-0.2, 0) is 0 Å². The predicted octanol–water partition coefficient (Wildman–Crippen LogP) is 0.399. The summed E-state index contributed by atoms with van der Waals surface area (Å²) in [4.78, 5) is 26.5. The van der Waals surface area contributed by atoms with Crippen molar-refractivity contribution in [3.05, 3.63) is 46.0 Å². The van der Waals surface area contributed by atoms with Crippen LogP contribution in [0, 0.1) is 11.7 Å². The number of hydrogen-bond donors (Lipinski definition) is 4. The molecular formula is C15H17ClFN3O3. The molecule has 23 heavy (non-hydrogen) atoms. The molecule has 2 unspecified atom stereocenters. The molecule has 124 valence electrons. The molecule has 1 saturated heterocycles. The van der Waals surface area contributed by atoms with Gasteiger partial charge in [0.15, 0.2) is 0 Å². The number of halogens is 2. The van der Waals surface area contributed by atoms with E-state index in [1.54, 1.807) is 0 Å². The van der Waals surface area contributed by atoms with E-state index in [1.165, 1.54) is 18.2 Å². The number of amides is 1. The first-order valence-corrected chi connectivity index (χ1v) is 7.04. The first-order chi connectivity index (χ1) is 10.5. The summed E-state index contributed by atoms with van der Waals surface area (Å²) in [6, 6.07) is 5.01. The molecule has 4 N–H and O–H groups in total. The molecule has 0 saturated carbocycles. The van der Waals surface area contributed by atoms with Crippen molar-refractivity contribution in [1.82, 2.24) is 15.6 Å². The molecule has 1 aliphatic rings. The molecule has 2 atom stereocenters. The van der Waals surface area contributed by atoms with Crippen LogP contribution in [0.2, 0.25) is 0 Å². The topological polar surface area (TPSA) is 94.2 Å². The molecular weight excluding hydrogens is 325 g/mol. The van der Waals surface area contributed by atoms with Crippen LogP contribution in [0.25, 0.3) is 10.9 Å². The molecule has 0 spiro atoms. The van der Waals surface area contributed by atoms with Gasteiger partial charge in [-0.1, -0.05) is 0 Å². The summed E-state index contributed by atoms with van der Waals surface area (Å²) < 4.78 is 13.4. The maximum Gasteiger partial charge on any atom is 0.252 e. The number of aromatic amines is 1. The molecule has 1 aliphatic heterocycles. The highest BCUT2D eigenvalue weighted by molar-refractivity contribution is 6.05. The summed E-state index contributed by atoms with van der Waals surface area (Å²) in [5.74, 6) is -1.02. The lowest BCUT2D eigenvalue weighted by molar-refractivity contribution is 0.0928. The van der Waals surface area contributed by atoms with E-state index < -0.39 is 23.4 Å². The standard InChI is InChI=1S/C15H16FN3O3.ClH/c16-9-1-2-12-10(3-9)11(4-14(21)19-12)15(22)18-6-8-5-17-7-13(8)20;/h1-4,8,13,17,20H,5-7H2,(H,18,22)(H,19,21);1H. The van der Waals surface area contributed by atoms with E-state index >= 15 is 0 Å². The Hall–Kier alpha value is -1.96. The minimum Gasteiger partial charge on any atom is -0.391 e. The van der Waals surface area contributed by atoms with Crippen LogP contribution in [0.1, 0.15) is 10.4 Å². The van der Waals surface area contributed by atoms with Gasteiger partial charge in [-0.05, 0) is 18.2 Å². The fourth-order valence-corrected chi connectivity index (χ4v) is 2.66. The molecule has 1 amide bonds. The van der Waals surface area contributed by atoms with Crippen molar-refractivity contribution in [2.24, 2.45) is 5.92 Å². The van der Waals surface area contributed by atoms with E-state index in [4.69, 9.17) is 0 Å². The lowest BCUT2D eigenvalue weighted by atomic mass is 10.1. The summed E-state index contributed by atoms with van der Waals surface area (Å²) in [6.07, 6.45) is -0.506. The van der Waals surface area contributed by atoms with Gasteiger partial charge in [-0.15, -0.1) is 12.4 Å². The molecule has 2 aromatic rings. The van der Waals surface area contributed by atoms with Gasteiger partial charge in [-0.3, -0.25) is 9.59 Å². The van der Waals surface area contributed by atoms with E-state index in [0.29, 0.717) is 24.0 Å². The molecule has 1 aromatic carbocycles. The van der Waals surface area contributed by atoms with Crippen molar-refractivity contribution >= 4 is 29.2 Å². The second kappa shape index (κ2) is 7.08. The van der Waals surface area contributed by atoms with Crippen LogP contribution in [-0.4, -0.2) is 41.7 Å². The Bertz CT molecular complexity index is 780. The summed E-state index contributed by atoms with van der Waals surface area (Å²) in [6.45, 7) is 1.41. The van der Waals surface area contributed by atoms with Gasteiger partial charge in [0.2, 0.25) is 5.56 Å². The van der Waals surface area contributed by atoms with Crippen LogP contribution in [0.5, 0.6) is 0 Å². The fourth-order valence-electron chi connectivity index (χ4n) is 2.66. The maximum absolute atomic E-state index is 13.4. The Labute approximate surface area is 137 Å². The number of hydrogen-bond acceptors (Lipinski definition) is 4.